The van der Waals surface area contributed by atoms with Crippen molar-refractivity contribution in [1.82, 2.24) is 9.78 Å². The number of ether oxygens (including phenoxy) is 1. The molecule has 0 unspecified atom stereocenters. The molecule has 90 valence electrons. The molecule has 1 saturated heterocycles. The van der Waals surface area contributed by atoms with Gasteiger partial charge in [-0.1, -0.05) is 13.8 Å². The van der Waals surface area contributed by atoms with Gasteiger partial charge in [0.25, 0.3) is 0 Å². The molecule has 1 aromatic rings. The Morgan fingerprint density at radius 1 is 1.25 bits per heavy atom. The van der Waals surface area contributed by atoms with Gasteiger partial charge in [0.1, 0.15) is 5.82 Å². The summed E-state index contributed by atoms with van der Waals surface area (Å²) < 4.78 is 7.41. The summed E-state index contributed by atoms with van der Waals surface area (Å²) in [5, 5.41) is 4.54. The van der Waals surface area contributed by atoms with E-state index in [0.29, 0.717) is 5.92 Å². The van der Waals surface area contributed by atoms with Gasteiger partial charge in [0.05, 0.1) is 18.9 Å². The average molecular weight is 223 g/mol. The van der Waals surface area contributed by atoms with Gasteiger partial charge in [-0.3, -0.25) is 4.68 Å². The third-order valence-corrected chi connectivity index (χ3v) is 3.13. The largest absolute Gasteiger partial charge is 0.378 e. The van der Waals surface area contributed by atoms with E-state index in [0.717, 1.165) is 32.0 Å². The van der Waals surface area contributed by atoms with Crippen LogP contribution in [0, 0.1) is 6.92 Å². The van der Waals surface area contributed by atoms with Crippen molar-refractivity contribution in [2.24, 2.45) is 7.05 Å². The molecule has 0 atom stereocenters. The zero-order valence-electron chi connectivity index (χ0n) is 10.7. The molecule has 4 heteroatoms. The first-order valence-electron chi connectivity index (χ1n) is 5.97. The van der Waals surface area contributed by atoms with Crippen molar-refractivity contribution in [2.75, 3.05) is 31.2 Å². The van der Waals surface area contributed by atoms with Crippen LogP contribution in [0.1, 0.15) is 31.0 Å². The van der Waals surface area contributed by atoms with Crippen LogP contribution in [0.15, 0.2) is 0 Å². The fraction of sp³-hybridized carbons (Fsp3) is 0.750. The number of rotatable bonds is 2. The first-order chi connectivity index (χ1) is 7.61. The topological polar surface area (TPSA) is 30.3 Å². The lowest BCUT2D eigenvalue weighted by atomic mass is 10.0. The van der Waals surface area contributed by atoms with Crippen molar-refractivity contribution >= 4 is 5.82 Å². The first-order valence-corrected chi connectivity index (χ1v) is 5.97. The summed E-state index contributed by atoms with van der Waals surface area (Å²) >= 11 is 0. The van der Waals surface area contributed by atoms with Crippen molar-refractivity contribution in [3.05, 3.63) is 11.3 Å². The third-order valence-electron chi connectivity index (χ3n) is 3.13. The number of morpholine rings is 1. The highest BCUT2D eigenvalue weighted by Crippen LogP contribution is 2.30. The van der Waals surface area contributed by atoms with Crippen LogP contribution in [0.25, 0.3) is 0 Å². The van der Waals surface area contributed by atoms with Gasteiger partial charge in [-0.25, -0.2) is 0 Å². The average Bonchev–Trinajstić information content (AvgIpc) is 2.55. The lowest BCUT2D eigenvalue weighted by Crippen LogP contribution is -2.38. The van der Waals surface area contributed by atoms with Crippen molar-refractivity contribution < 1.29 is 4.74 Å². The lowest BCUT2D eigenvalue weighted by molar-refractivity contribution is 0.122. The van der Waals surface area contributed by atoms with E-state index in [9.17, 15) is 0 Å². The van der Waals surface area contributed by atoms with Gasteiger partial charge < -0.3 is 9.64 Å². The fourth-order valence-corrected chi connectivity index (χ4v) is 2.49. The van der Waals surface area contributed by atoms with Crippen LogP contribution in [0.2, 0.25) is 0 Å². The second-order valence-electron chi connectivity index (χ2n) is 4.70. The number of aromatic nitrogens is 2. The molecule has 0 radical (unpaired) electrons. The van der Waals surface area contributed by atoms with Gasteiger partial charge >= 0.3 is 0 Å². The highest BCUT2D eigenvalue weighted by Gasteiger charge is 2.22. The maximum Gasteiger partial charge on any atom is 0.130 e. The van der Waals surface area contributed by atoms with Crippen LogP contribution < -0.4 is 4.90 Å². The zero-order chi connectivity index (χ0) is 11.7. The Balaban J connectivity index is 2.37. The molecule has 1 aromatic heterocycles. The minimum atomic E-state index is 0.520. The summed E-state index contributed by atoms with van der Waals surface area (Å²) in [7, 11) is 2.03. The number of aryl methyl sites for hydroxylation is 2. The van der Waals surface area contributed by atoms with E-state index in [1.807, 2.05) is 11.7 Å². The predicted octanol–water partition coefficient (Wildman–Crippen LogP) is 1.69. The molecule has 0 saturated carbocycles. The first kappa shape index (κ1) is 11.5. The quantitative estimate of drug-likeness (QED) is 0.764. The normalized spacial score (nSPS) is 17.2. The van der Waals surface area contributed by atoms with Crippen LogP contribution >= 0.6 is 0 Å². The van der Waals surface area contributed by atoms with E-state index in [1.54, 1.807) is 0 Å². The predicted molar refractivity (Wildman–Crippen MR) is 65.1 cm³/mol. The van der Waals surface area contributed by atoms with Gasteiger partial charge in [-0.05, 0) is 12.8 Å². The highest BCUT2D eigenvalue weighted by molar-refractivity contribution is 5.52. The Kier molecular flexibility index (Phi) is 3.19. The van der Waals surface area contributed by atoms with Crippen LogP contribution in [-0.2, 0) is 11.8 Å². The molecule has 16 heavy (non-hydrogen) atoms. The smallest absolute Gasteiger partial charge is 0.130 e. The molecule has 0 aromatic carbocycles. The van der Waals surface area contributed by atoms with Crippen LogP contribution in [0.5, 0.6) is 0 Å². The number of hydrogen-bond acceptors (Lipinski definition) is 3. The summed E-state index contributed by atoms with van der Waals surface area (Å²) in [5.74, 6) is 1.79. The minimum absolute atomic E-state index is 0.520. The summed E-state index contributed by atoms with van der Waals surface area (Å²) in [6.45, 7) is 10.1. The monoisotopic (exact) mass is 223 g/mol. The molecule has 1 fully saturated rings. The molecule has 0 aliphatic carbocycles. The van der Waals surface area contributed by atoms with E-state index >= 15 is 0 Å². The van der Waals surface area contributed by atoms with E-state index < -0.39 is 0 Å². The maximum atomic E-state index is 5.40. The molecular formula is C12H21N3O. The van der Waals surface area contributed by atoms with Crippen molar-refractivity contribution in [2.45, 2.75) is 26.7 Å². The molecule has 1 aliphatic heterocycles. The van der Waals surface area contributed by atoms with Crippen molar-refractivity contribution in [1.29, 1.82) is 0 Å². The Morgan fingerprint density at radius 2 is 1.88 bits per heavy atom. The van der Waals surface area contributed by atoms with Gasteiger partial charge in [-0.2, -0.15) is 5.10 Å². The molecule has 0 bridgehead atoms. The molecule has 2 rings (SSSR count). The zero-order valence-corrected chi connectivity index (χ0v) is 10.7. The highest BCUT2D eigenvalue weighted by atomic mass is 16.5. The molecule has 0 spiro atoms. The SMILES string of the molecule is Cc1nn(C)c(N2CCOCC2)c1C(C)C. The lowest BCUT2D eigenvalue weighted by Gasteiger charge is -2.30. The summed E-state index contributed by atoms with van der Waals surface area (Å²) in [6, 6.07) is 0. The molecular weight excluding hydrogens is 202 g/mol. The fourth-order valence-electron chi connectivity index (χ4n) is 2.49. The molecule has 1 aliphatic rings. The van der Waals surface area contributed by atoms with Crippen molar-refractivity contribution in [3.63, 3.8) is 0 Å². The summed E-state index contributed by atoms with van der Waals surface area (Å²) in [6.07, 6.45) is 0. The van der Waals surface area contributed by atoms with Gasteiger partial charge in [0.15, 0.2) is 0 Å². The van der Waals surface area contributed by atoms with Gasteiger partial charge in [-0.15, -0.1) is 0 Å². The molecule has 0 N–H and O–H groups in total. The van der Waals surface area contributed by atoms with Crippen molar-refractivity contribution in [3.8, 4) is 0 Å². The Labute approximate surface area is 97.2 Å². The standard InChI is InChI=1S/C12H21N3O/c1-9(2)11-10(3)13-14(4)12(11)15-5-7-16-8-6-15/h9H,5-8H2,1-4H3. The summed E-state index contributed by atoms with van der Waals surface area (Å²) in [4.78, 5) is 2.39. The molecule has 0 amide bonds. The van der Waals surface area contributed by atoms with Crippen LogP contribution in [0.3, 0.4) is 0 Å². The number of anilines is 1. The van der Waals surface area contributed by atoms with Crippen LogP contribution in [-0.4, -0.2) is 36.1 Å². The van der Waals surface area contributed by atoms with E-state index in [4.69, 9.17) is 4.74 Å². The molecule has 4 nitrogen and oxygen atoms in total. The van der Waals surface area contributed by atoms with E-state index in [2.05, 4.69) is 30.8 Å². The Bertz CT molecular complexity index is 365. The molecule has 2 heterocycles. The van der Waals surface area contributed by atoms with E-state index in [1.165, 1.54) is 11.4 Å². The minimum Gasteiger partial charge on any atom is -0.378 e. The second-order valence-corrected chi connectivity index (χ2v) is 4.70. The van der Waals surface area contributed by atoms with Gasteiger partial charge in [0.2, 0.25) is 0 Å². The summed E-state index contributed by atoms with van der Waals surface area (Å²) in [5.41, 5.74) is 2.53. The Hall–Kier alpha value is -1.03. The van der Waals surface area contributed by atoms with Crippen LogP contribution in [0.4, 0.5) is 5.82 Å². The number of nitrogens with zero attached hydrogens (tertiary/aromatic N) is 3. The van der Waals surface area contributed by atoms with Gasteiger partial charge in [0, 0.05) is 25.7 Å². The number of hydrogen-bond donors (Lipinski definition) is 0. The Morgan fingerprint density at radius 3 is 2.44 bits per heavy atom. The maximum absolute atomic E-state index is 5.40. The van der Waals surface area contributed by atoms with E-state index in [-0.39, 0.29) is 0 Å². The third kappa shape index (κ3) is 1.94. The second kappa shape index (κ2) is 4.45.